The molecule has 1 aromatic heterocycles. The van der Waals surface area contributed by atoms with E-state index in [-0.39, 0.29) is 17.3 Å². The van der Waals surface area contributed by atoms with Gasteiger partial charge in [0.1, 0.15) is 12.1 Å². The van der Waals surface area contributed by atoms with E-state index in [1.807, 2.05) is 48.5 Å². The zero-order chi connectivity index (χ0) is 24.5. The van der Waals surface area contributed by atoms with Crippen molar-refractivity contribution in [2.45, 2.75) is 18.5 Å². The molecule has 0 radical (unpaired) electrons. The molecule has 0 bridgehead atoms. The highest BCUT2D eigenvalue weighted by Crippen LogP contribution is 2.44. The SMILES string of the molecule is COc1ccc([C@H]2C[C@H](c3ccccc3Cl)n3ncnc3N2C(=O)c2cccc([N+](=O)[O-])c2)cc1. The van der Waals surface area contributed by atoms with Gasteiger partial charge in [-0.2, -0.15) is 10.1 Å². The zero-order valence-corrected chi connectivity index (χ0v) is 19.4. The fraction of sp³-hybridized carbons (Fsp3) is 0.160. The van der Waals surface area contributed by atoms with E-state index in [1.165, 1.54) is 24.5 Å². The second kappa shape index (κ2) is 9.19. The van der Waals surface area contributed by atoms with Crippen LogP contribution in [0.1, 0.15) is 40.0 Å². The Morgan fingerprint density at radius 2 is 1.86 bits per heavy atom. The zero-order valence-electron chi connectivity index (χ0n) is 18.6. The van der Waals surface area contributed by atoms with Gasteiger partial charge in [0.05, 0.1) is 24.1 Å². The van der Waals surface area contributed by atoms with E-state index in [0.717, 1.165) is 11.1 Å². The van der Waals surface area contributed by atoms with Crippen molar-refractivity contribution >= 4 is 29.1 Å². The van der Waals surface area contributed by atoms with Gasteiger partial charge in [-0.15, -0.1) is 0 Å². The summed E-state index contributed by atoms with van der Waals surface area (Å²) in [5, 5.41) is 16.3. The van der Waals surface area contributed by atoms with Gasteiger partial charge in [0.2, 0.25) is 5.95 Å². The Morgan fingerprint density at radius 3 is 2.57 bits per heavy atom. The van der Waals surface area contributed by atoms with E-state index in [1.54, 1.807) is 22.8 Å². The Kier molecular flexibility index (Phi) is 5.92. The van der Waals surface area contributed by atoms with Gasteiger partial charge >= 0.3 is 0 Å². The molecule has 10 heteroatoms. The maximum absolute atomic E-state index is 13.8. The molecular weight excluding hydrogens is 470 g/mol. The predicted molar refractivity (Wildman–Crippen MR) is 130 cm³/mol. The molecule has 0 saturated heterocycles. The molecule has 35 heavy (non-hydrogen) atoms. The summed E-state index contributed by atoms with van der Waals surface area (Å²) in [5.41, 5.74) is 1.74. The Hall–Kier alpha value is -4.24. The van der Waals surface area contributed by atoms with Crippen molar-refractivity contribution in [3.63, 3.8) is 0 Å². The lowest BCUT2D eigenvalue weighted by Crippen LogP contribution is -2.42. The van der Waals surface area contributed by atoms with Gasteiger partial charge in [-0.05, 0) is 41.8 Å². The number of amides is 1. The minimum atomic E-state index is -0.524. The average Bonchev–Trinajstić information content (AvgIpc) is 3.38. The number of nitro benzene ring substituents is 1. The van der Waals surface area contributed by atoms with Crippen molar-refractivity contribution < 1.29 is 14.5 Å². The van der Waals surface area contributed by atoms with Crippen LogP contribution in [0, 0.1) is 10.1 Å². The average molecular weight is 490 g/mol. The third kappa shape index (κ3) is 4.10. The maximum atomic E-state index is 13.8. The molecular formula is C25H20ClN5O4. The minimum absolute atomic E-state index is 0.163. The lowest BCUT2D eigenvalue weighted by Gasteiger charge is -2.39. The standard InChI is InChI=1S/C25H20ClN5O4/c1-35-19-11-9-16(10-12-19)22-14-23(20-7-2-3-8-21(20)26)30-25(27-15-28-30)29(22)24(32)17-5-4-6-18(13-17)31(33)34/h2-13,15,22-23H,14H2,1H3/t22-,23-/m1/s1. The first-order chi connectivity index (χ1) is 17.0. The molecule has 5 rings (SSSR count). The van der Waals surface area contributed by atoms with Crippen LogP contribution < -0.4 is 9.64 Å². The summed E-state index contributed by atoms with van der Waals surface area (Å²) in [6, 6.07) is 19.9. The van der Waals surface area contributed by atoms with Crippen LogP contribution in [-0.4, -0.2) is 32.7 Å². The molecule has 0 fully saturated rings. The predicted octanol–water partition coefficient (Wildman–Crippen LogP) is 5.23. The van der Waals surface area contributed by atoms with Crippen LogP contribution >= 0.6 is 11.6 Å². The normalized spacial score (nSPS) is 17.0. The summed E-state index contributed by atoms with van der Waals surface area (Å²) in [4.78, 5) is 30.6. The summed E-state index contributed by atoms with van der Waals surface area (Å²) in [6.07, 6.45) is 1.86. The number of hydrogen-bond acceptors (Lipinski definition) is 6. The fourth-order valence-corrected chi connectivity index (χ4v) is 4.69. The van der Waals surface area contributed by atoms with Crippen LogP contribution in [0.25, 0.3) is 0 Å². The number of nitro groups is 1. The first kappa shape index (κ1) is 22.5. The second-order valence-corrected chi connectivity index (χ2v) is 8.46. The highest BCUT2D eigenvalue weighted by atomic mass is 35.5. The van der Waals surface area contributed by atoms with Gasteiger partial charge in [0.15, 0.2) is 0 Å². The number of halogens is 1. The van der Waals surface area contributed by atoms with Crippen LogP contribution in [0.5, 0.6) is 5.75 Å². The number of non-ortho nitro benzene ring substituents is 1. The van der Waals surface area contributed by atoms with Gasteiger partial charge in [-0.25, -0.2) is 4.68 Å². The molecule has 0 aliphatic carbocycles. The quantitative estimate of drug-likeness (QED) is 0.281. The Morgan fingerprint density at radius 1 is 1.09 bits per heavy atom. The molecule has 176 valence electrons. The highest BCUT2D eigenvalue weighted by molar-refractivity contribution is 6.31. The molecule has 2 atom stereocenters. The van der Waals surface area contributed by atoms with Crippen molar-refractivity contribution in [2.75, 3.05) is 12.0 Å². The number of fused-ring (bicyclic) bond motifs is 1. The van der Waals surface area contributed by atoms with Crippen molar-refractivity contribution in [1.29, 1.82) is 0 Å². The van der Waals surface area contributed by atoms with E-state index in [0.29, 0.717) is 23.1 Å². The van der Waals surface area contributed by atoms with Crippen LogP contribution in [0.2, 0.25) is 5.02 Å². The molecule has 4 aromatic rings. The molecule has 1 aliphatic rings. The smallest absolute Gasteiger partial charge is 0.270 e. The second-order valence-electron chi connectivity index (χ2n) is 8.05. The molecule has 0 saturated carbocycles. The number of rotatable bonds is 5. The van der Waals surface area contributed by atoms with Crippen LogP contribution in [0.4, 0.5) is 11.6 Å². The maximum Gasteiger partial charge on any atom is 0.270 e. The number of methoxy groups -OCH3 is 1. The molecule has 0 spiro atoms. The molecule has 0 unspecified atom stereocenters. The third-order valence-electron chi connectivity index (χ3n) is 6.11. The van der Waals surface area contributed by atoms with E-state index in [4.69, 9.17) is 16.3 Å². The molecule has 3 aromatic carbocycles. The Labute approximate surface area is 205 Å². The third-order valence-corrected chi connectivity index (χ3v) is 6.45. The number of benzene rings is 3. The van der Waals surface area contributed by atoms with Crippen molar-refractivity contribution in [3.8, 4) is 5.75 Å². The van der Waals surface area contributed by atoms with E-state index < -0.39 is 16.9 Å². The topological polar surface area (TPSA) is 103 Å². The number of aromatic nitrogens is 3. The van der Waals surface area contributed by atoms with Crippen LogP contribution in [0.3, 0.4) is 0 Å². The summed E-state index contributed by atoms with van der Waals surface area (Å²) in [6.45, 7) is 0. The summed E-state index contributed by atoms with van der Waals surface area (Å²) >= 11 is 6.54. The Bertz CT molecular complexity index is 1410. The van der Waals surface area contributed by atoms with Crippen molar-refractivity contribution in [1.82, 2.24) is 14.8 Å². The van der Waals surface area contributed by atoms with Gasteiger partial charge in [-0.3, -0.25) is 19.8 Å². The van der Waals surface area contributed by atoms with Crippen molar-refractivity contribution in [2.24, 2.45) is 0 Å². The van der Waals surface area contributed by atoms with Crippen molar-refractivity contribution in [3.05, 3.63) is 111 Å². The number of ether oxygens (including phenoxy) is 1. The molecule has 0 N–H and O–H groups in total. The summed E-state index contributed by atoms with van der Waals surface area (Å²) < 4.78 is 6.97. The first-order valence-electron chi connectivity index (χ1n) is 10.8. The molecule has 9 nitrogen and oxygen atoms in total. The minimum Gasteiger partial charge on any atom is -0.497 e. The fourth-order valence-electron chi connectivity index (χ4n) is 4.43. The lowest BCUT2D eigenvalue weighted by molar-refractivity contribution is -0.384. The Balaban J connectivity index is 1.65. The van der Waals surface area contributed by atoms with E-state index in [9.17, 15) is 14.9 Å². The highest BCUT2D eigenvalue weighted by Gasteiger charge is 2.40. The van der Waals surface area contributed by atoms with Crippen LogP contribution in [0.15, 0.2) is 79.1 Å². The van der Waals surface area contributed by atoms with E-state index in [2.05, 4.69) is 10.1 Å². The monoisotopic (exact) mass is 489 g/mol. The van der Waals surface area contributed by atoms with Gasteiger partial charge in [0, 0.05) is 22.7 Å². The van der Waals surface area contributed by atoms with Crippen LogP contribution in [-0.2, 0) is 0 Å². The number of carbonyl (C=O) groups excluding carboxylic acids is 1. The summed E-state index contributed by atoms with van der Waals surface area (Å²) in [5.74, 6) is 0.604. The van der Waals surface area contributed by atoms with Gasteiger partial charge in [0.25, 0.3) is 11.6 Å². The van der Waals surface area contributed by atoms with Gasteiger partial charge in [-0.1, -0.05) is 48.0 Å². The molecule has 1 aliphatic heterocycles. The first-order valence-corrected chi connectivity index (χ1v) is 11.2. The largest absolute Gasteiger partial charge is 0.497 e. The van der Waals surface area contributed by atoms with Gasteiger partial charge < -0.3 is 4.74 Å². The molecule has 2 heterocycles. The number of carbonyl (C=O) groups is 1. The summed E-state index contributed by atoms with van der Waals surface area (Å²) in [7, 11) is 1.59. The lowest BCUT2D eigenvalue weighted by atomic mass is 9.91. The van der Waals surface area contributed by atoms with E-state index >= 15 is 0 Å². The number of anilines is 1. The number of hydrogen-bond donors (Lipinski definition) is 0. The number of nitrogens with zero attached hydrogens (tertiary/aromatic N) is 5. The molecule has 1 amide bonds.